The predicted molar refractivity (Wildman–Crippen MR) is 133 cm³/mol. The summed E-state index contributed by atoms with van der Waals surface area (Å²) in [5.41, 5.74) is 2.94. The van der Waals surface area contributed by atoms with Gasteiger partial charge in [0.25, 0.3) is 0 Å². The number of benzene rings is 2. The van der Waals surface area contributed by atoms with Crippen LogP contribution in [0.3, 0.4) is 0 Å². The first-order chi connectivity index (χ1) is 16.7. The fourth-order valence-electron chi connectivity index (χ4n) is 4.14. The van der Waals surface area contributed by atoms with Crippen molar-refractivity contribution in [3.63, 3.8) is 0 Å². The second-order valence-electron chi connectivity index (χ2n) is 8.42. The number of carbonyl (C=O) groups is 1. The van der Waals surface area contributed by atoms with Crippen LogP contribution in [0.4, 0.5) is 5.69 Å². The van der Waals surface area contributed by atoms with E-state index in [9.17, 15) is 4.79 Å². The second kappa shape index (κ2) is 10.2. The summed E-state index contributed by atoms with van der Waals surface area (Å²) in [6.07, 6.45) is 4.54. The lowest BCUT2D eigenvalue weighted by Crippen LogP contribution is -2.15. The van der Waals surface area contributed by atoms with Crippen molar-refractivity contribution in [1.82, 2.24) is 29.5 Å². The van der Waals surface area contributed by atoms with E-state index in [4.69, 9.17) is 0 Å². The van der Waals surface area contributed by atoms with E-state index in [1.807, 2.05) is 54.0 Å². The molecule has 1 amide bonds. The first kappa shape index (κ1) is 22.3. The average molecular weight is 474 g/mol. The summed E-state index contributed by atoms with van der Waals surface area (Å²) in [4.78, 5) is 12.6. The van der Waals surface area contributed by atoms with E-state index in [0.717, 1.165) is 53.3 Å². The molecule has 34 heavy (non-hydrogen) atoms. The summed E-state index contributed by atoms with van der Waals surface area (Å²) in [7, 11) is 0. The van der Waals surface area contributed by atoms with Crippen molar-refractivity contribution in [3.8, 4) is 11.4 Å². The smallest absolute Gasteiger partial charge is 0.234 e. The third-order valence-corrected chi connectivity index (χ3v) is 6.92. The minimum atomic E-state index is -0.0824. The molecule has 0 bridgehead atoms. The van der Waals surface area contributed by atoms with E-state index in [1.54, 1.807) is 0 Å². The number of thioether (sulfide) groups is 1. The zero-order valence-corrected chi connectivity index (χ0v) is 20.0. The monoisotopic (exact) mass is 473 g/mol. The Balaban J connectivity index is 1.20. The third kappa shape index (κ3) is 5.04. The van der Waals surface area contributed by atoms with Crippen LogP contribution in [0, 0.1) is 6.92 Å². The average Bonchev–Trinajstić information content (AvgIpc) is 3.33. The van der Waals surface area contributed by atoms with Gasteiger partial charge < -0.3 is 14.5 Å². The molecule has 0 unspecified atom stereocenters. The molecule has 4 aromatic rings. The van der Waals surface area contributed by atoms with Crippen molar-refractivity contribution in [3.05, 3.63) is 71.8 Å². The van der Waals surface area contributed by atoms with Crippen LogP contribution in [0.25, 0.3) is 11.4 Å². The highest BCUT2D eigenvalue weighted by Crippen LogP contribution is 2.24. The van der Waals surface area contributed by atoms with Gasteiger partial charge in [-0.25, -0.2) is 0 Å². The molecule has 0 atom stereocenters. The van der Waals surface area contributed by atoms with Gasteiger partial charge in [0.2, 0.25) is 5.91 Å². The number of aryl methyl sites for hydroxylation is 2. The van der Waals surface area contributed by atoms with Crippen LogP contribution in [0.2, 0.25) is 0 Å². The predicted octanol–water partition coefficient (Wildman–Crippen LogP) is 4.35. The summed E-state index contributed by atoms with van der Waals surface area (Å²) in [6, 6.07) is 18.0. The van der Waals surface area contributed by atoms with Gasteiger partial charge in [-0.15, -0.1) is 20.4 Å². The van der Waals surface area contributed by atoms with Gasteiger partial charge in [-0.05, 0) is 49.6 Å². The van der Waals surface area contributed by atoms with Gasteiger partial charge in [-0.2, -0.15) is 0 Å². The Morgan fingerprint density at radius 2 is 1.79 bits per heavy atom. The summed E-state index contributed by atoms with van der Waals surface area (Å²) in [5, 5.41) is 20.9. The molecular weight excluding hydrogens is 446 g/mol. The van der Waals surface area contributed by atoms with Crippen molar-refractivity contribution in [1.29, 1.82) is 0 Å². The van der Waals surface area contributed by atoms with Crippen molar-refractivity contribution < 1.29 is 4.79 Å². The number of anilines is 1. The Bertz CT molecular complexity index is 1260. The van der Waals surface area contributed by atoms with Crippen LogP contribution >= 0.6 is 11.8 Å². The number of fused-ring (bicyclic) bond motifs is 1. The summed E-state index contributed by atoms with van der Waals surface area (Å²) >= 11 is 1.39. The molecular formula is C25H27N7OS. The van der Waals surface area contributed by atoms with Crippen molar-refractivity contribution in [2.45, 2.75) is 50.9 Å². The van der Waals surface area contributed by atoms with Crippen molar-refractivity contribution >= 4 is 23.4 Å². The van der Waals surface area contributed by atoms with E-state index in [1.165, 1.54) is 30.2 Å². The standard InChI is InChI=1S/C25H27N7OS/c1-18-27-30-25(32(18)16-19-8-4-2-5-9-19)34-17-23(33)26-21-13-11-20(12-14-21)24-29-28-22-10-6-3-7-15-31(22)24/h2,4-5,8-9,11-14H,3,6-7,10,15-17H2,1H3,(H,26,33). The molecule has 0 spiro atoms. The number of aromatic nitrogens is 6. The molecule has 2 aromatic heterocycles. The molecule has 9 heteroatoms. The van der Waals surface area contributed by atoms with Gasteiger partial charge in [0, 0.05) is 24.2 Å². The molecule has 3 heterocycles. The van der Waals surface area contributed by atoms with Crippen LogP contribution in [-0.2, 0) is 24.3 Å². The second-order valence-corrected chi connectivity index (χ2v) is 9.36. The van der Waals surface area contributed by atoms with Gasteiger partial charge in [-0.3, -0.25) is 4.79 Å². The van der Waals surface area contributed by atoms with Gasteiger partial charge in [-0.1, -0.05) is 48.5 Å². The molecule has 174 valence electrons. The van der Waals surface area contributed by atoms with Crippen LogP contribution in [0.15, 0.2) is 59.8 Å². The maximum absolute atomic E-state index is 12.6. The first-order valence-electron chi connectivity index (χ1n) is 11.6. The summed E-state index contributed by atoms with van der Waals surface area (Å²) < 4.78 is 4.26. The van der Waals surface area contributed by atoms with Crippen LogP contribution < -0.4 is 5.32 Å². The molecule has 1 aliphatic rings. The van der Waals surface area contributed by atoms with Crippen LogP contribution in [0.1, 0.15) is 36.5 Å². The number of amides is 1. The summed E-state index contributed by atoms with van der Waals surface area (Å²) in [5.74, 6) is 2.97. The number of nitrogens with one attached hydrogen (secondary N) is 1. The Kier molecular flexibility index (Phi) is 6.71. The Hall–Kier alpha value is -3.46. The molecule has 0 saturated carbocycles. The molecule has 2 aromatic carbocycles. The minimum Gasteiger partial charge on any atom is -0.325 e. The Morgan fingerprint density at radius 1 is 0.971 bits per heavy atom. The molecule has 1 N–H and O–H groups in total. The lowest BCUT2D eigenvalue weighted by molar-refractivity contribution is -0.113. The maximum Gasteiger partial charge on any atom is 0.234 e. The van der Waals surface area contributed by atoms with E-state index in [0.29, 0.717) is 6.54 Å². The molecule has 0 radical (unpaired) electrons. The highest BCUT2D eigenvalue weighted by molar-refractivity contribution is 7.99. The SMILES string of the molecule is Cc1nnc(SCC(=O)Nc2ccc(-c3nnc4n3CCCCC4)cc2)n1Cc1ccccc1. The van der Waals surface area contributed by atoms with Gasteiger partial charge in [0.05, 0.1) is 12.3 Å². The number of hydrogen-bond acceptors (Lipinski definition) is 6. The molecule has 1 aliphatic heterocycles. The highest BCUT2D eigenvalue weighted by Gasteiger charge is 2.16. The largest absolute Gasteiger partial charge is 0.325 e. The lowest BCUT2D eigenvalue weighted by atomic mass is 10.2. The van der Waals surface area contributed by atoms with E-state index >= 15 is 0 Å². The van der Waals surface area contributed by atoms with Gasteiger partial charge >= 0.3 is 0 Å². The third-order valence-electron chi connectivity index (χ3n) is 5.95. The fraction of sp³-hybridized carbons (Fsp3) is 0.320. The van der Waals surface area contributed by atoms with E-state index < -0.39 is 0 Å². The van der Waals surface area contributed by atoms with Crippen molar-refractivity contribution in [2.24, 2.45) is 0 Å². The number of rotatable bonds is 7. The Morgan fingerprint density at radius 3 is 2.62 bits per heavy atom. The summed E-state index contributed by atoms with van der Waals surface area (Å²) in [6.45, 7) is 3.56. The molecule has 0 saturated heterocycles. The number of hydrogen-bond donors (Lipinski definition) is 1. The Labute approximate surface area is 202 Å². The number of carbonyl (C=O) groups excluding carboxylic acids is 1. The normalized spacial score (nSPS) is 13.3. The topological polar surface area (TPSA) is 90.5 Å². The van der Waals surface area contributed by atoms with Crippen molar-refractivity contribution in [2.75, 3.05) is 11.1 Å². The first-order valence-corrected chi connectivity index (χ1v) is 12.5. The molecule has 8 nitrogen and oxygen atoms in total. The van der Waals surface area contributed by atoms with Crippen LogP contribution in [-0.4, -0.2) is 41.2 Å². The molecule has 5 rings (SSSR count). The minimum absolute atomic E-state index is 0.0824. The van der Waals surface area contributed by atoms with Gasteiger partial charge in [0.15, 0.2) is 11.0 Å². The van der Waals surface area contributed by atoms with Crippen LogP contribution in [0.5, 0.6) is 0 Å². The van der Waals surface area contributed by atoms with Gasteiger partial charge in [0.1, 0.15) is 11.6 Å². The molecule has 0 fully saturated rings. The highest BCUT2D eigenvalue weighted by atomic mass is 32.2. The fourth-order valence-corrected chi connectivity index (χ4v) is 4.93. The molecule has 0 aliphatic carbocycles. The quantitative estimate of drug-likeness (QED) is 0.401. The zero-order chi connectivity index (χ0) is 23.3. The maximum atomic E-state index is 12.6. The zero-order valence-electron chi connectivity index (χ0n) is 19.1. The van der Waals surface area contributed by atoms with E-state index in [2.05, 4.69) is 42.4 Å². The van der Waals surface area contributed by atoms with E-state index in [-0.39, 0.29) is 11.7 Å². The number of nitrogens with zero attached hydrogens (tertiary/aromatic N) is 6. The lowest BCUT2D eigenvalue weighted by Gasteiger charge is -2.10.